The van der Waals surface area contributed by atoms with E-state index in [4.69, 9.17) is 5.11 Å². The van der Waals surface area contributed by atoms with Crippen LogP contribution in [0.2, 0.25) is 0 Å². The van der Waals surface area contributed by atoms with Gasteiger partial charge in [-0.05, 0) is 32.0 Å². The molecule has 0 radical (unpaired) electrons. The maximum absolute atomic E-state index is 13.2. The van der Waals surface area contributed by atoms with Gasteiger partial charge in [0.1, 0.15) is 5.82 Å². The van der Waals surface area contributed by atoms with Crippen LogP contribution in [0.5, 0.6) is 0 Å². The highest BCUT2D eigenvalue weighted by Gasteiger charge is 2.12. The van der Waals surface area contributed by atoms with Crippen molar-refractivity contribution in [2.45, 2.75) is 23.1 Å². The van der Waals surface area contributed by atoms with Gasteiger partial charge in [0.2, 0.25) is 0 Å². The van der Waals surface area contributed by atoms with Crippen molar-refractivity contribution in [1.82, 2.24) is 4.98 Å². The molecule has 0 atom stereocenters. The molecule has 1 aromatic heterocycles. The zero-order valence-corrected chi connectivity index (χ0v) is 11.4. The Labute approximate surface area is 112 Å². The molecule has 2 rings (SSSR count). The quantitative estimate of drug-likeness (QED) is 0.932. The van der Waals surface area contributed by atoms with Crippen molar-refractivity contribution in [1.29, 1.82) is 0 Å². The molecule has 0 amide bonds. The minimum Gasteiger partial charge on any atom is -0.478 e. The van der Waals surface area contributed by atoms with E-state index in [1.165, 1.54) is 35.2 Å². The zero-order valence-electron chi connectivity index (χ0n) is 9.73. The topological polar surface area (TPSA) is 50.2 Å². The summed E-state index contributed by atoms with van der Waals surface area (Å²) >= 11 is 2.88. The summed E-state index contributed by atoms with van der Waals surface area (Å²) in [5.74, 6) is -1.99. The monoisotopic (exact) mass is 283 g/mol. The summed E-state index contributed by atoms with van der Waals surface area (Å²) in [4.78, 5) is 17.0. The van der Waals surface area contributed by atoms with Crippen LogP contribution in [0, 0.1) is 19.7 Å². The van der Waals surface area contributed by atoms with Crippen LogP contribution in [0.3, 0.4) is 0 Å². The molecule has 0 spiro atoms. The molecular weight excluding hydrogens is 273 g/mol. The van der Waals surface area contributed by atoms with Gasteiger partial charge in [-0.25, -0.2) is 14.2 Å². The van der Waals surface area contributed by atoms with Crippen LogP contribution >= 0.6 is 23.1 Å². The molecule has 1 heterocycles. The molecule has 0 bridgehead atoms. The van der Waals surface area contributed by atoms with E-state index in [9.17, 15) is 9.18 Å². The number of aryl methyl sites for hydroxylation is 2. The first-order valence-electron chi connectivity index (χ1n) is 5.12. The number of hydrogen-bond donors (Lipinski definition) is 1. The lowest BCUT2D eigenvalue weighted by atomic mass is 10.2. The molecule has 6 heteroatoms. The average molecular weight is 283 g/mol. The lowest BCUT2D eigenvalue weighted by Gasteiger charge is -2.01. The SMILES string of the molecule is Cc1nc(Sc2ccc(F)c(C(=O)O)c2)sc1C. The van der Waals surface area contributed by atoms with Crippen LogP contribution < -0.4 is 0 Å². The van der Waals surface area contributed by atoms with Gasteiger partial charge in [-0.1, -0.05) is 11.8 Å². The number of nitrogens with zero attached hydrogens (tertiary/aromatic N) is 1. The van der Waals surface area contributed by atoms with E-state index in [1.54, 1.807) is 6.07 Å². The second kappa shape index (κ2) is 5.07. The highest BCUT2D eigenvalue weighted by atomic mass is 32.2. The molecule has 18 heavy (non-hydrogen) atoms. The van der Waals surface area contributed by atoms with Crippen LogP contribution in [-0.2, 0) is 0 Å². The molecule has 3 nitrogen and oxygen atoms in total. The number of thiazole rings is 1. The maximum Gasteiger partial charge on any atom is 0.338 e. The van der Waals surface area contributed by atoms with Crippen molar-refractivity contribution in [3.63, 3.8) is 0 Å². The first-order valence-corrected chi connectivity index (χ1v) is 6.75. The third-order valence-electron chi connectivity index (χ3n) is 2.38. The number of carboxylic acid groups (broad SMARTS) is 1. The summed E-state index contributed by atoms with van der Waals surface area (Å²) in [6, 6.07) is 4.05. The molecule has 0 saturated heterocycles. The Hall–Kier alpha value is -1.40. The van der Waals surface area contributed by atoms with Gasteiger partial charge < -0.3 is 5.11 Å². The third-order valence-corrected chi connectivity index (χ3v) is 4.51. The van der Waals surface area contributed by atoms with E-state index >= 15 is 0 Å². The first-order chi connectivity index (χ1) is 8.47. The fourth-order valence-electron chi connectivity index (χ4n) is 1.32. The van der Waals surface area contributed by atoms with E-state index in [0.29, 0.717) is 4.90 Å². The van der Waals surface area contributed by atoms with Gasteiger partial charge in [-0.3, -0.25) is 0 Å². The summed E-state index contributed by atoms with van der Waals surface area (Å²) in [5, 5.41) is 8.84. The molecular formula is C12H10FNO2S2. The van der Waals surface area contributed by atoms with Crippen molar-refractivity contribution in [2.75, 3.05) is 0 Å². The second-order valence-corrected chi connectivity index (χ2v) is 6.19. The molecule has 1 N–H and O–H groups in total. The number of benzene rings is 1. The molecule has 0 saturated carbocycles. The lowest BCUT2D eigenvalue weighted by molar-refractivity contribution is 0.0691. The summed E-state index contributed by atoms with van der Waals surface area (Å²) in [6.45, 7) is 3.90. The highest BCUT2D eigenvalue weighted by molar-refractivity contribution is 8.01. The van der Waals surface area contributed by atoms with E-state index in [2.05, 4.69) is 4.98 Å². The number of aromatic nitrogens is 1. The lowest BCUT2D eigenvalue weighted by Crippen LogP contribution is -2.00. The van der Waals surface area contributed by atoms with Gasteiger partial charge in [0.25, 0.3) is 0 Å². The average Bonchev–Trinajstić information content (AvgIpc) is 2.60. The molecule has 0 aliphatic carbocycles. The predicted molar refractivity (Wildman–Crippen MR) is 69.1 cm³/mol. The van der Waals surface area contributed by atoms with Crippen molar-refractivity contribution in [3.05, 3.63) is 40.2 Å². The number of carbonyl (C=O) groups is 1. The molecule has 0 fully saturated rings. The second-order valence-electron chi connectivity index (χ2n) is 3.67. The largest absolute Gasteiger partial charge is 0.478 e. The molecule has 0 aliphatic rings. The minimum absolute atomic E-state index is 0.315. The molecule has 0 aliphatic heterocycles. The number of rotatable bonds is 3. The Bertz CT molecular complexity index is 591. The molecule has 2 aromatic rings. The van der Waals surface area contributed by atoms with Crippen molar-refractivity contribution >= 4 is 29.1 Å². The summed E-state index contributed by atoms with van der Waals surface area (Å²) in [5.41, 5.74) is 0.646. The van der Waals surface area contributed by atoms with Gasteiger partial charge in [-0.2, -0.15) is 0 Å². The number of halogens is 1. The van der Waals surface area contributed by atoms with Crippen LogP contribution in [-0.4, -0.2) is 16.1 Å². The third kappa shape index (κ3) is 2.70. The van der Waals surface area contributed by atoms with Gasteiger partial charge in [0, 0.05) is 9.77 Å². The van der Waals surface area contributed by atoms with E-state index < -0.39 is 11.8 Å². The predicted octanol–water partition coefficient (Wildman–Crippen LogP) is 3.75. The van der Waals surface area contributed by atoms with Gasteiger partial charge >= 0.3 is 5.97 Å². The molecule has 1 aromatic carbocycles. The van der Waals surface area contributed by atoms with E-state index in [0.717, 1.165) is 14.9 Å². The fourth-order valence-corrected chi connectivity index (χ4v) is 3.48. The maximum atomic E-state index is 13.2. The van der Waals surface area contributed by atoms with E-state index in [1.807, 2.05) is 13.8 Å². The fraction of sp³-hybridized carbons (Fsp3) is 0.167. The number of carboxylic acids is 1. The Morgan fingerprint density at radius 2 is 2.17 bits per heavy atom. The van der Waals surface area contributed by atoms with Crippen LogP contribution in [0.4, 0.5) is 4.39 Å². The summed E-state index contributed by atoms with van der Waals surface area (Å²) in [7, 11) is 0. The minimum atomic E-state index is -1.26. The van der Waals surface area contributed by atoms with Crippen molar-refractivity contribution in [3.8, 4) is 0 Å². The number of hydrogen-bond acceptors (Lipinski definition) is 4. The van der Waals surface area contributed by atoms with Gasteiger partial charge in [0.15, 0.2) is 4.34 Å². The normalized spacial score (nSPS) is 10.6. The smallest absolute Gasteiger partial charge is 0.338 e. The standard InChI is InChI=1S/C12H10FNO2S2/c1-6-7(2)17-12(14-6)18-8-3-4-10(13)9(5-8)11(15)16/h3-5H,1-2H3,(H,15,16). The van der Waals surface area contributed by atoms with Crippen LogP contribution in [0.25, 0.3) is 0 Å². The molecule has 94 valence electrons. The van der Waals surface area contributed by atoms with Crippen LogP contribution in [0.15, 0.2) is 27.4 Å². The van der Waals surface area contributed by atoms with Crippen molar-refractivity contribution < 1.29 is 14.3 Å². The summed E-state index contributed by atoms with van der Waals surface area (Å²) in [6.07, 6.45) is 0. The van der Waals surface area contributed by atoms with Gasteiger partial charge in [-0.15, -0.1) is 11.3 Å². The Kier molecular flexibility index (Phi) is 3.68. The first kappa shape index (κ1) is 13.0. The zero-order chi connectivity index (χ0) is 13.3. The Morgan fingerprint density at radius 3 is 2.72 bits per heavy atom. The van der Waals surface area contributed by atoms with Gasteiger partial charge in [0.05, 0.1) is 11.3 Å². The van der Waals surface area contributed by atoms with Crippen molar-refractivity contribution in [2.24, 2.45) is 0 Å². The highest BCUT2D eigenvalue weighted by Crippen LogP contribution is 2.33. The Balaban J connectivity index is 2.29. The molecule has 0 unspecified atom stereocenters. The number of aromatic carboxylic acids is 1. The van der Waals surface area contributed by atoms with E-state index in [-0.39, 0.29) is 5.56 Å². The van der Waals surface area contributed by atoms with Crippen LogP contribution in [0.1, 0.15) is 20.9 Å². The Morgan fingerprint density at radius 1 is 1.44 bits per heavy atom. The summed E-state index contributed by atoms with van der Waals surface area (Å²) < 4.78 is 14.1.